The number of rotatable bonds is 5. The molecule has 2 aromatic carbocycles. The molecule has 0 aromatic heterocycles. The highest BCUT2D eigenvalue weighted by Gasteiger charge is 2.34. The van der Waals surface area contributed by atoms with Gasteiger partial charge in [-0.3, -0.25) is 4.79 Å². The van der Waals surface area contributed by atoms with Crippen LogP contribution in [0.2, 0.25) is 5.02 Å². The van der Waals surface area contributed by atoms with Crippen molar-refractivity contribution in [2.24, 2.45) is 0 Å². The first-order chi connectivity index (χ1) is 12.8. The zero-order valence-electron chi connectivity index (χ0n) is 14.5. The molecule has 3 rings (SSSR count). The number of sulfone groups is 1. The maximum absolute atomic E-state index is 14.1. The lowest BCUT2D eigenvalue weighted by Gasteiger charge is -2.27. The monoisotopic (exact) mass is 407 g/mol. The summed E-state index contributed by atoms with van der Waals surface area (Å²) in [4.78, 5) is 14.2. The van der Waals surface area contributed by atoms with Gasteiger partial charge in [-0.25, -0.2) is 12.8 Å². The summed E-state index contributed by atoms with van der Waals surface area (Å²) in [6.07, 6.45) is 3.38. The summed E-state index contributed by atoms with van der Waals surface area (Å²) in [6.45, 7) is 0.0245. The predicted molar refractivity (Wildman–Crippen MR) is 104 cm³/mol. The highest BCUT2D eigenvalue weighted by molar-refractivity contribution is 7.91. The molecule has 0 radical (unpaired) electrons. The fraction of sp³-hybridized carbons (Fsp3) is 0.250. The van der Waals surface area contributed by atoms with Gasteiger partial charge in [0.2, 0.25) is 5.91 Å². The SMILES string of the molecule is O=C(/C=C/c1ccc(Cl)cc1)N(Cc1ccccc1F)[C@H]1CCS(=O)(=O)C1. The third-order valence-corrected chi connectivity index (χ3v) is 6.52. The van der Waals surface area contributed by atoms with Gasteiger partial charge < -0.3 is 4.90 Å². The summed E-state index contributed by atoms with van der Waals surface area (Å²) >= 11 is 5.85. The molecular formula is C20H19ClFNO3S. The molecule has 1 saturated heterocycles. The topological polar surface area (TPSA) is 54.5 Å². The summed E-state index contributed by atoms with van der Waals surface area (Å²) in [5.41, 5.74) is 1.15. The number of benzene rings is 2. The van der Waals surface area contributed by atoms with Gasteiger partial charge in [0.15, 0.2) is 9.84 Å². The molecule has 142 valence electrons. The van der Waals surface area contributed by atoms with E-state index in [1.54, 1.807) is 48.5 Å². The zero-order valence-corrected chi connectivity index (χ0v) is 16.1. The quantitative estimate of drug-likeness (QED) is 0.710. The van der Waals surface area contributed by atoms with Crippen LogP contribution in [0.4, 0.5) is 4.39 Å². The molecule has 0 spiro atoms. The smallest absolute Gasteiger partial charge is 0.247 e. The molecule has 7 heteroatoms. The van der Waals surface area contributed by atoms with Gasteiger partial charge in [0.25, 0.3) is 0 Å². The second-order valence-electron chi connectivity index (χ2n) is 6.50. The van der Waals surface area contributed by atoms with Crippen molar-refractivity contribution in [3.05, 3.63) is 76.6 Å². The predicted octanol–water partition coefficient (Wildman–Crippen LogP) is 3.71. The largest absolute Gasteiger partial charge is 0.331 e. The molecular weight excluding hydrogens is 389 g/mol. The fourth-order valence-corrected chi connectivity index (χ4v) is 4.91. The highest BCUT2D eigenvalue weighted by atomic mass is 35.5. The van der Waals surface area contributed by atoms with Crippen molar-refractivity contribution in [2.75, 3.05) is 11.5 Å². The van der Waals surface area contributed by atoms with Crippen LogP contribution >= 0.6 is 11.6 Å². The van der Waals surface area contributed by atoms with Gasteiger partial charge in [-0.1, -0.05) is 41.9 Å². The van der Waals surface area contributed by atoms with Crippen molar-refractivity contribution in [1.82, 2.24) is 4.90 Å². The molecule has 1 amide bonds. The van der Waals surface area contributed by atoms with Crippen LogP contribution in [0.25, 0.3) is 6.08 Å². The summed E-state index contributed by atoms with van der Waals surface area (Å²) in [7, 11) is -3.17. The number of carbonyl (C=O) groups excluding carboxylic acids is 1. The Hall–Kier alpha value is -2.18. The maximum Gasteiger partial charge on any atom is 0.247 e. The minimum Gasteiger partial charge on any atom is -0.331 e. The van der Waals surface area contributed by atoms with Gasteiger partial charge in [-0.05, 0) is 36.3 Å². The van der Waals surface area contributed by atoms with Crippen LogP contribution < -0.4 is 0 Å². The molecule has 0 N–H and O–H groups in total. The molecule has 1 aliphatic heterocycles. The Labute approximate surface area is 163 Å². The van der Waals surface area contributed by atoms with Crippen LogP contribution in [0.15, 0.2) is 54.6 Å². The van der Waals surface area contributed by atoms with Crippen LogP contribution in [-0.2, 0) is 21.2 Å². The van der Waals surface area contributed by atoms with Crippen LogP contribution in [-0.4, -0.2) is 36.8 Å². The van der Waals surface area contributed by atoms with Crippen molar-refractivity contribution in [3.63, 3.8) is 0 Å². The normalized spacial score (nSPS) is 18.7. The molecule has 1 fully saturated rings. The van der Waals surface area contributed by atoms with E-state index in [1.807, 2.05) is 0 Å². The summed E-state index contributed by atoms with van der Waals surface area (Å²) in [5.74, 6) is -0.824. The van der Waals surface area contributed by atoms with E-state index in [9.17, 15) is 17.6 Å². The molecule has 2 aromatic rings. The molecule has 0 unspecified atom stereocenters. The van der Waals surface area contributed by atoms with E-state index in [-0.39, 0.29) is 24.0 Å². The molecule has 0 bridgehead atoms. The average Bonchev–Trinajstić information content (AvgIpc) is 3.00. The first-order valence-electron chi connectivity index (χ1n) is 8.52. The van der Waals surface area contributed by atoms with Crippen LogP contribution in [0, 0.1) is 5.82 Å². The molecule has 27 heavy (non-hydrogen) atoms. The van der Waals surface area contributed by atoms with Gasteiger partial charge >= 0.3 is 0 Å². The minimum atomic E-state index is -3.17. The van der Waals surface area contributed by atoms with E-state index < -0.39 is 21.7 Å². The third-order valence-electron chi connectivity index (χ3n) is 4.52. The fourth-order valence-electron chi connectivity index (χ4n) is 3.06. The second kappa shape index (κ2) is 8.23. The Morgan fingerprint density at radius 2 is 1.89 bits per heavy atom. The number of hydrogen-bond donors (Lipinski definition) is 0. The van der Waals surface area contributed by atoms with E-state index >= 15 is 0 Å². The number of nitrogens with zero attached hydrogens (tertiary/aromatic N) is 1. The van der Waals surface area contributed by atoms with E-state index in [0.29, 0.717) is 17.0 Å². The standard InChI is InChI=1S/C20H19ClFNO3S/c21-17-8-5-15(6-9-17)7-10-20(24)23(18-11-12-27(25,26)14-18)13-16-3-1-2-4-19(16)22/h1-10,18H,11-14H2/b10-7+/t18-/m0/s1. The van der Waals surface area contributed by atoms with E-state index in [1.165, 1.54) is 17.0 Å². The van der Waals surface area contributed by atoms with Crippen LogP contribution in [0.5, 0.6) is 0 Å². The van der Waals surface area contributed by atoms with E-state index in [4.69, 9.17) is 11.6 Å². The lowest BCUT2D eigenvalue weighted by Crippen LogP contribution is -2.39. The number of amides is 1. The van der Waals surface area contributed by atoms with Crippen LogP contribution in [0.3, 0.4) is 0 Å². The van der Waals surface area contributed by atoms with E-state index in [2.05, 4.69) is 0 Å². The summed E-state index contributed by atoms with van der Waals surface area (Å²) < 4.78 is 37.8. The Morgan fingerprint density at radius 3 is 2.52 bits per heavy atom. The molecule has 4 nitrogen and oxygen atoms in total. The van der Waals surface area contributed by atoms with E-state index in [0.717, 1.165) is 5.56 Å². The summed E-state index contributed by atoms with van der Waals surface area (Å²) in [6, 6.07) is 12.7. The van der Waals surface area contributed by atoms with Crippen molar-refractivity contribution < 1.29 is 17.6 Å². The Balaban J connectivity index is 1.83. The maximum atomic E-state index is 14.1. The highest BCUT2D eigenvalue weighted by Crippen LogP contribution is 2.22. The minimum absolute atomic E-state index is 0.0245. The summed E-state index contributed by atoms with van der Waals surface area (Å²) in [5, 5.41) is 0.593. The Morgan fingerprint density at radius 1 is 1.19 bits per heavy atom. The van der Waals surface area contributed by atoms with Gasteiger partial charge in [0.05, 0.1) is 11.5 Å². The molecule has 0 aliphatic carbocycles. The Bertz CT molecular complexity index is 957. The van der Waals surface area contributed by atoms with Crippen molar-refractivity contribution >= 4 is 33.4 Å². The molecule has 1 atom stereocenters. The number of hydrogen-bond acceptors (Lipinski definition) is 3. The van der Waals surface area contributed by atoms with Crippen molar-refractivity contribution in [2.45, 2.75) is 19.0 Å². The van der Waals surface area contributed by atoms with Gasteiger partial charge in [0.1, 0.15) is 5.82 Å². The number of halogens is 2. The second-order valence-corrected chi connectivity index (χ2v) is 9.16. The van der Waals surface area contributed by atoms with Crippen molar-refractivity contribution in [1.29, 1.82) is 0 Å². The lowest BCUT2D eigenvalue weighted by atomic mass is 10.1. The van der Waals surface area contributed by atoms with Crippen molar-refractivity contribution in [3.8, 4) is 0 Å². The zero-order chi connectivity index (χ0) is 19.4. The first-order valence-corrected chi connectivity index (χ1v) is 10.7. The third kappa shape index (κ3) is 5.17. The molecule has 0 saturated carbocycles. The first kappa shape index (κ1) is 19.6. The van der Waals surface area contributed by atoms with Gasteiger partial charge in [0, 0.05) is 29.2 Å². The molecule has 1 heterocycles. The number of carbonyl (C=O) groups is 1. The lowest BCUT2D eigenvalue weighted by molar-refractivity contribution is -0.128. The Kier molecular flexibility index (Phi) is 5.97. The van der Waals surface area contributed by atoms with Gasteiger partial charge in [-0.15, -0.1) is 0 Å². The average molecular weight is 408 g/mol. The van der Waals surface area contributed by atoms with Crippen LogP contribution in [0.1, 0.15) is 17.5 Å². The molecule has 1 aliphatic rings. The van der Waals surface area contributed by atoms with Gasteiger partial charge in [-0.2, -0.15) is 0 Å².